The Labute approximate surface area is 49.5 Å². The van der Waals surface area contributed by atoms with Gasteiger partial charge in [0.05, 0.1) is 0 Å². The van der Waals surface area contributed by atoms with E-state index in [0.29, 0.717) is 6.10 Å². The molecule has 1 fully saturated rings. The number of rotatable bonds is 2. The highest BCUT2D eigenvalue weighted by Crippen LogP contribution is 2.21. The van der Waals surface area contributed by atoms with E-state index in [-0.39, 0.29) is 0 Å². The summed E-state index contributed by atoms with van der Waals surface area (Å²) in [6.07, 6.45) is 5.81. The van der Waals surface area contributed by atoms with Crippen molar-refractivity contribution in [1.29, 1.82) is 0 Å². The molecule has 0 heterocycles. The van der Waals surface area contributed by atoms with E-state index in [0.717, 1.165) is 0 Å². The molecule has 0 aromatic heterocycles. The molecule has 0 amide bonds. The lowest BCUT2D eigenvalue weighted by molar-refractivity contribution is 0.00683. The highest BCUT2D eigenvalue weighted by molar-refractivity contribution is 5.52. The van der Waals surface area contributed by atoms with E-state index in [2.05, 4.69) is 5.16 Å². The van der Waals surface area contributed by atoms with E-state index in [1.807, 2.05) is 6.92 Å². The molecule has 0 saturated heterocycles. The monoisotopic (exact) mass is 113 g/mol. The minimum absolute atomic E-state index is 0.436. The summed E-state index contributed by atoms with van der Waals surface area (Å²) in [4.78, 5) is 5.00. The lowest BCUT2D eigenvalue weighted by atomic mass is 9.97. The summed E-state index contributed by atoms with van der Waals surface area (Å²) in [5, 5.41) is 3.67. The Morgan fingerprint density at radius 3 is 2.75 bits per heavy atom. The zero-order valence-corrected chi connectivity index (χ0v) is 5.13. The summed E-state index contributed by atoms with van der Waals surface area (Å²) >= 11 is 0. The van der Waals surface area contributed by atoms with Crippen molar-refractivity contribution in [3.63, 3.8) is 0 Å². The second-order valence-corrected chi connectivity index (χ2v) is 2.02. The molecule has 8 heavy (non-hydrogen) atoms. The number of oxime groups is 1. The molecule has 1 aliphatic rings. The number of nitrogens with zero attached hydrogens (tertiary/aromatic N) is 1. The Morgan fingerprint density at radius 2 is 2.38 bits per heavy atom. The SMILES string of the molecule is C/C=N/OC1CCC1. The van der Waals surface area contributed by atoms with Crippen LogP contribution in [-0.4, -0.2) is 12.3 Å². The van der Waals surface area contributed by atoms with Gasteiger partial charge in [-0.05, 0) is 26.2 Å². The average molecular weight is 113 g/mol. The van der Waals surface area contributed by atoms with Crippen molar-refractivity contribution in [3.05, 3.63) is 0 Å². The van der Waals surface area contributed by atoms with Gasteiger partial charge < -0.3 is 4.84 Å². The zero-order valence-electron chi connectivity index (χ0n) is 5.13. The Bertz CT molecular complexity index is 86.5. The standard InChI is InChI=1S/C6H11NO/c1-2-7-8-6-4-3-5-6/h2,6H,3-5H2,1H3/b7-2+. The minimum Gasteiger partial charge on any atom is -0.393 e. The molecule has 1 saturated carbocycles. The van der Waals surface area contributed by atoms with Gasteiger partial charge in [0.2, 0.25) is 0 Å². The first-order valence-corrected chi connectivity index (χ1v) is 3.07. The summed E-state index contributed by atoms with van der Waals surface area (Å²) in [5.74, 6) is 0. The maximum atomic E-state index is 5.00. The van der Waals surface area contributed by atoms with E-state index < -0.39 is 0 Å². The van der Waals surface area contributed by atoms with Crippen molar-refractivity contribution in [1.82, 2.24) is 0 Å². The Balaban J connectivity index is 2.01. The van der Waals surface area contributed by atoms with Gasteiger partial charge >= 0.3 is 0 Å². The van der Waals surface area contributed by atoms with Crippen LogP contribution in [0.3, 0.4) is 0 Å². The fourth-order valence-electron chi connectivity index (χ4n) is 0.623. The van der Waals surface area contributed by atoms with Crippen LogP contribution >= 0.6 is 0 Å². The van der Waals surface area contributed by atoms with Crippen LogP contribution in [-0.2, 0) is 4.84 Å². The average Bonchev–Trinajstić information content (AvgIpc) is 1.63. The molecule has 46 valence electrons. The molecule has 1 aliphatic carbocycles. The van der Waals surface area contributed by atoms with E-state index in [4.69, 9.17) is 4.84 Å². The van der Waals surface area contributed by atoms with Gasteiger partial charge in [-0.1, -0.05) is 5.16 Å². The summed E-state index contributed by atoms with van der Waals surface area (Å²) < 4.78 is 0. The Kier molecular flexibility index (Phi) is 1.89. The third kappa shape index (κ3) is 1.22. The van der Waals surface area contributed by atoms with Crippen LogP contribution in [0, 0.1) is 0 Å². The fourth-order valence-corrected chi connectivity index (χ4v) is 0.623. The first kappa shape index (κ1) is 5.60. The molecule has 0 N–H and O–H groups in total. The van der Waals surface area contributed by atoms with Crippen LogP contribution < -0.4 is 0 Å². The predicted molar refractivity (Wildman–Crippen MR) is 32.9 cm³/mol. The maximum Gasteiger partial charge on any atom is 0.127 e. The Morgan fingerprint density at radius 1 is 1.62 bits per heavy atom. The second-order valence-electron chi connectivity index (χ2n) is 2.02. The van der Waals surface area contributed by atoms with Gasteiger partial charge in [0.15, 0.2) is 0 Å². The van der Waals surface area contributed by atoms with Crippen LogP contribution in [0.5, 0.6) is 0 Å². The number of hydrogen-bond donors (Lipinski definition) is 0. The van der Waals surface area contributed by atoms with Gasteiger partial charge in [-0.15, -0.1) is 0 Å². The van der Waals surface area contributed by atoms with Crippen molar-refractivity contribution in [2.24, 2.45) is 5.16 Å². The van der Waals surface area contributed by atoms with Crippen molar-refractivity contribution in [3.8, 4) is 0 Å². The maximum absolute atomic E-state index is 5.00. The van der Waals surface area contributed by atoms with E-state index >= 15 is 0 Å². The summed E-state index contributed by atoms with van der Waals surface area (Å²) in [7, 11) is 0. The van der Waals surface area contributed by atoms with Crippen molar-refractivity contribution < 1.29 is 4.84 Å². The molecular weight excluding hydrogens is 102 g/mol. The molecule has 0 atom stereocenters. The van der Waals surface area contributed by atoms with Crippen molar-refractivity contribution in [2.45, 2.75) is 32.3 Å². The molecule has 2 heteroatoms. The molecule has 0 spiro atoms. The molecule has 0 aliphatic heterocycles. The molecule has 0 bridgehead atoms. The lowest BCUT2D eigenvalue weighted by Gasteiger charge is -2.21. The van der Waals surface area contributed by atoms with Gasteiger partial charge in [0, 0.05) is 6.21 Å². The second kappa shape index (κ2) is 2.70. The van der Waals surface area contributed by atoms with E-state index in [9.17, 15) is 0 Å². The van der Waals surface area contributed by atoms with Gasteiger partial charge in [-0.2, -0.15) is 0 Å². The molecule has 0 aromatic rings. The first-order chi connectivity index (χ1) is 3.93. The normalized spacial score (nSPS) is 21.1. The smallest absolute Gasteiger partial charge is 0.127 e. The van der Waals surface area contributed by atoms with Gasteiger partial charge in [0.25, 0.3) is 0 Å². The summed E-state index contributed by atoms with van der Waals surface area (Å²) in [6.45, 7) is 1.86. The largest absolute Gasteiger partial charge is 0.393 e. The summed E-state index contributed by atoms with van der Waals surface area (Å²) in [6, 6.07) is 0. The Hall–Kier alpha value is -0.530. The minimum atomic E-state index is 0.436. The highest BCUT2D eigenvalue weighted by atomic mass is 16.6. The first-order valence-electron chi connectivity index (χ1n) is 3.07. The van der Waals surface area contributed by atoms with Crippen LogP contribution in [0.2, 0.25) is 0 Å². The van der Waals surface area contributed by atoms with Gasteiger partial charge in [-0.25, -0.2) is 0 Å². The molecule has 0 unspecified atom stereocenters. The summed E-state index contributed by atoms with van der Waals surface area (Å²) in [5.41, 5.74) is 0. The fraction of sp³-hybridized carbons (Fsp3) is 0.833. The third-order valence-corrected chi connectivity index (χ3v) is 1.37. The third-order valence-electron chi connectivity index (χ3n) is 1.37. The van der Waals surface area contributed by atoms with Crippen LogP contribution in [0.1, 0.15) is 26.2 Å². The van der Waals surface area contributed by atoms with E-state index in [1.54, 1.807) is 6.21 Å². The quantitative estimate of drug-likeness (QED) is 0.393. The molecule has 0 radical (unpaired) electrons. The van der Waals surface area contributed by atoms with Crippen LogP contribution in [0.15, 0.2) is 5.16 Å². The lowest BCUT2D eigenvalue weighted by Crippen LogP contribution is -2.18. The zero-order chi connectivity index (χ0) is 5.82. The number of hydrogen-bond acceptors (Lipinski definition) is 2. The predicted octanol–water partition coefficient (Wildman–Crippen LogP) is 1.56. The van der Waals surface area contributed by atoms with E-state index in [1.165, 1.54) is 19.3 Å². The van der Waals surface area contributed by atoms with Gasteiger partial charge in [0.1, 0.15) is 6.10 Å². The van der Waals surface area contributed by atoms with Crippen LogP contribution in [0.25, 0.3) is 0 Å². The molecule has 2 nitrogen and oxygen atoms in total. The van der Waals surface area contributed by atoms with Crippen molar-refractivity contribution in [2.75, 3.05) is 0 Å². The highest BCUT2D eigenvalue weighted by Gasteiger charge is 2.17. The molecule has 1 rings (SSSR count). The van der Waals surface area contributed by atoms with Crippen molar-refractivity contribution >= 4 is 6.21 Å². The van der Waals surface area contributed by atoms with Crippen LogP contribution in [0.4, 0.5) is 0 Å². The van der Waals surface area contributed by atoms with Gasteiger partial charge in [-0.3, -0.25) is 0 Å². The topological polar surface area (TPSA) is 21.6 Å². The molecular formula is C6H11NO. The molecule has 0 aromatic carbocycles.